The van der Waals surface area contributed by atoms with Gasteiger partial charge in [0.1, 0.15) is 0 Å². The molecule has 2 rings (SSSR count). The molecular weight excluding hydrogens is 344 g/mol. The molecule has 0 saturated carbocycles. The van der Waals surface area contributed by atoms with Crippen LogP contribution < -0.4 is 0 Å². The summed E-state index contributed by atoms with van der Waals surface area (Å²) in [6.07, 6.45) is -0.931. The molecule has 6 nitrogen and oxygen atoms in total. The lowest BCUT2D eigenvalue weighted by Gasteiger charge is -2.35. The van der Waals surface area contributed by atoms with Crippen LogP contribution >= 0.6 is 11.6 Å². The average molecular weight is 371 g/mol. The molecule has 0 unspecified atom stereocenters. The monoisotopic (exact) mass is 370 g/mol. The topological polar surface area (TPSA) is 62.2 Å². The smallest absolute Gasteiger partial charge is 0.409 e. The molecule has 7 heteroatoms. The highest BCUT2D eigenvalue weighted by molar-refractivity contribution is 6.30. The van der Waals surface area contributed by atoms with Crippen LogP contribution in [-0.2, 0) is 9.47 Å². The zero-order valence-corrected chi connectivity index (χ0v) is 15.6. The third-order valence-corrected chi connectivity index (χ3v) is 4.50. The van der Waals surface area contributed by atoms with Gasteiger partial charge in [-0.05, 0) is 31.5 Å². The van der Waals surface area contributed by atoms with Crippen molar-refractivity contribution >= 4 is 17.7 Å². The van der Waals surface area contributed by atoms with E-state index in [9.17, 15) is 9.90 Å². The number of carbonyl (C=O) groups excluding carboxylic acids is 1. The van der Waals surface area contributed by atoms with E-state index < -0.39 is 6.10 Å². The fourth-order valence-electron chi connectivity index (χ4n) is 2.76. The quantitative estimate of drug-likeness (QED) is 0.799. The SMILES string of the molecule is CCOC(=O)N1CCN(C[C@@H](O)CO[C@H](C)c2ccc(Cl)cc2)CC1. The molecule has 0 spiro atoms. The summed E-state index contributed by atoms with van der Waals surface area (Å²) in [5.74, 6) is 0. The van der Waals surface area contributed by atoms with Gasteiger partial charge in [-0.3, -0.25) is 4.90 Å². The van der Waals surface area contributed by atoms with E-state index in [0.29, 0.717) is 31.3 Å². The first kappa shape index (κ1) is 20.0. The first-order valence-corrected chi connectivity index (χ1v) is 9.06. The minimum Gasteiger partial charge on any atom is -0.450 e. The predicted molar refractivity (Wildman–Crippen MR) is 96.9 cm³/mol. The Morgan fingerprint density at radius 3 is 2.48 bits per heavy atom. The van der Waals surface area contributed by atoms with E-state index in [0.717, 1.165) is 18.7 Å². The minimum absolute atomic E-state index is 0.104. The Balaban J connectivity index is 1.68. The molecule has 0 bridgehead atoms. The summed E-state index contributed by atoms with van der Waals surface area (Å²) >= 11 is 5.88. The number of aliphatic hydroxyl groups excluding tert-OH is 1. The van der Waals surface area contributed by atoms with Gasteiger partial charge in [0.25, 0.3) is 0 Å². The molecule has 1 fully saturated rings. The fraction of sp³-hybridized carbons (Fsp3) is 0.611. The number of ether oxygens (including phenoxy) is 2. The number of aliphatic hydroxyl groups is 1. The third kappa shape index (κ3) is 6.47. The number of hydrogen-bond donors (Lipinski definition) is 1. The second-order valence-corrected chi connectivity index (χ2v) is 6.60. The third-order valence-electron chi connectivity index (χ3n) is 4.25. The number of rotatable bonds is 7. The Kier molecular flexibility index (Phi) is 7.96. The van der Waals surface area contributed by atoms with Gasteiger partial charge in [0.05, 0.1) is 25.4 Å². The number of hydrogen-bond acceptors (Lipinski definition) is 5. The Morgan fingerprint density at radius 1 is 1.24 bits per heavy atom. The number of amides is 1. The fourth-order valence-corrected chi connectivity index (χ4v) is 2.89. The van der Waals surface area contributed by atoms with Crippen LogP contribution in [0.4, 0.5) is 4.79 Å². The average Bonchev–Trinajstić information content (AvgIpc) is 2.61. The molecule has 1 heterocycles. The molecule has 0 aromatic heterocycles. The van der Waals surface area contributed by atoms with Gasteiger partial charge in [-0.2, -0.15) is 0 Å². The number of β-amino-alcohol motifs (C(OH)–C–C–N with tert-alkyl or cyclic N) is 1. The Bertz CT molecular complexity index is 532. The van der Waals surface area contributed by atoms with Gasteiger partial charge >= 0.3 is 6.09 Å². The molecule has 1 aliphatic rings. The van der Waals surface area contributed by atoms with Crippen LogP contribution in [-0.4, -0.2) is 73.0 Å². The molecule has 1 amide bonds. The molecule has 1 N–H and O–H groups in total. The van der Waals surface area contributed by atoms with E-state index in [4.69, 9.17) is 21.1 Å². The minimum atomic E-state index is -0.566. The van der Waals surface area contributed by atoms with E-state index in [2.05, 4.69) is 4.90 Å². The van der Waals surface area contributed by atoms with Crippen molar-refractivity contribution in [1.29, 1.82) is 0 Å². The van der Waals surface area contributed by atoms with Crippen molar-refractivity contribution in [1.82, 2.24) is 9.80 Å². The number of nitrogens with zero attached hydrogens (tertiary/aromatic N) is 2. The largest absolute Gasteiger partial charge is 0.450 e. The second-order valence-electron chi connectivity index (χ2n) is 6.17. The molecular formula is C18H27ClN2O4. The highest BCUT2D eigenvalue weighted by Gasteiger charge is 2.23. The van der Waals surface area contributed by atoms with Gasteiger partial charge in [-0.25, -0.2) is 4.79 Å². The normalized spacial score (nSPS) is 18.0. The Hall–Kier alpha value is -1.34. The lowest BCUT2D eigenvalue weighted by atomic mass is 10.1. The summed E-state index contributed by atoms with van der Waals surface area (Å²) in [7, 11) is 0. The van der Waals surface area contributed by atoms with Crippen molar-refractivity contribution in [2.75, 3.05) is 45.9 Å². The van der Waals surface area contributed by atoms with Gasteiger partial charge < -0.3 is 19.5 Å². The zero-order chi connectivity index (χ0) is 18.2. The van der Waals surface area contributed by atoms with Crippen molar-refractivity contribution in [2.24, 2.45) is 0 Å². The van der Waals surface area contributed by atoms with Crippen LogP contribution in [0, 0.1) is 0 Å². The molecule has 25 heavy (non-hydrogen) atoms. The molecule has 2 atom stereocenters. The summed E-state index contributed by atoms with van der Waals surface area (Å²) in [4.78, 5) is 15.5. The maximum absolute atomic E-state index is 11.7. The standard InChI is InChI=1S/C18H27ClN2O4/c1-3-24-18(23)21-10-8-20(9-11-21)12-17(22)13-25-14(2)15-4-6-16(19)7-5-15/h4-7,14,17,22H,3,8-13H2,1-2H3/t14-,17-/m1/s1. The number of halogens is 1. The maximum Gasteiger partial charge on any atom is 0.409 e. The van der Waals surface area contributed by atoms with Gasteiger partial charge in [-0.1, -0.05) is 23.7 Å². The van der Waals surface area contributed by atoms with Crippen LogP contribution in [0.25, 0.3) is 0 Å². The number of benzene rings is 1. The Labute approximate surface area is 154 Å². The predicted octanol–water partition coefficient (Wildman–Crippen LogP) is 2.55. The first-order valence-electron chi connectivity index (χ1n) is 8.68. The van der Waals surface area contributed by atoms with E-state index in [1.165, 1.54) is 0 Å². The molecule has 0 radical (unpaired) electrons. The molecule has 0 aliphatic carbocycles. The molecule has 1 aromatic carbocycles. The maximum atomic E-state index is 11.7. The van der Waals surface area contributed by atoms with Gasteiger partial charge in [0.15, 0.2) is 0 Å². The number of piperazine rings is 1. The summed E-state index contributed by atoms with van der Waals surface area (Å²) in [6, 6.07) is 7.51. The van der Waals surface area contributed by atoms with E-state index >= 15 is 0 Å². The van der Waals surface area contributed by atoms with E-state index in [1.54, 1.807) is 11.8 Å². The summed E-state index contributed by atoms with van der Waals surface area (Å²) in [6.45, 7) is 7.63. The van der Waals surface area contributed by atoms with Crippen LogP contribution in [0.2, 0.25) is 5.02 Å². The number of carbonyl (C=O) groups is 1. The van der Waals surface area contributed by atoms with Crippen LogP contribution in [0.3, 0.4) is 0 Å². The summed E-state index contributed by atoms with van der Waals surface area (Å²) in [5.41, 5.74) is 1.03. The van der Waals surface area contributed by atoms with Gasteiger partial charge in [0.2, 0.25) is 0 Å². The van der Waals surface area contributed by atoms with Crippen molar-refractivity contribution < 1.29 is 19.4 Å². The summed E-state index contributed by atoms with van der Waals surface area (Å²) < 4.78 is 10.8. The van der Waals surface area contributed by atoms with Crippen LogP contribution in [0.5, 0.6) is 0 Å². The molecule has 1 aliphatic heterocycles. The van der Waals surface area contributed by atoms with Gasteiger partial charge in [-0.15, -0.1) is 0 Å². The first-order chi connectivity index (χ1) is 12.0. The lowest BCUT2D eigenvalue weighted by molar-refractivity contribution is -0.0208. The molecule has 140 valence electrons. The van der Waals surface area contributed by atoms with Crippen molar-refractivity contribution in [2.45, 2.75) is 26.1 Å². The van der Waals surface area contributed by atoms with Crippen LogP contribution in [0.1, 0.15) is 25.5 Å². The van der Waals surface area contributed by atoms with Crippen molar-refractivity contribution in [3.8, 4) is 0 Å². The van der Waals surface area contributed by atoms with Crippen molar-refractivity contribution in [3.63, 3.8) is 0 Å². The second kappa shape index (κ2) is 9.97. The molecule has 1 aromatic rings. The highest BCUT2D eigenvalue weighted by atomic mass is 35.5. The van der Waals surface area contributed by atoms with E-state index in [-0.39, 0.29) is 18.8 Å². The van der Waals surface area contributed by atoms with Gasteiger partial charge in [0, 0.05) is 37.7 Å². The lowest BCUT2D eigenvalue weighted by Crippen LogP contribution is -2.51. The van der Waals surface area contributed by atoms with E-state index in [1.807, 2.05) is 31.2 Å². The molecule has 1 saturated heterocycles. The highest BCUT2D eigenvalue weighted by Crippen LogP contribution is 2.19. The van der Waals surface area contributed by atoms with Crippen LogP contribution in [0.15, 0.2) is 24.3 Å². The zero-order valence-electron chi connectivity index (χ0n) is 14.9. The Morgan fingerprint density at radius 2 is 1.88 bits per heavy atom. The van der Waals surface area contributed by atoms with Crippen molar-refractivity contribution in [3.05, 3.63) is 34.9 Å². The summed E-state index contributed by atoms with van der Waals surface area (Å²) in [5, 5.41) is 10.9.